The van der Waals surface area contributed by atoms with Crippen molar-refractivity contribution in [2.24, 2.45) is 0 Å². The molecule has 0 saturated heterocycles. The zero-order chi connectivity index (χ0) is 11.8. The van der Waals surface area contributed by atoms with Gasteiger partial charge in [0, 0.05) is 10.9 Å². The number of hydrogen-bond donors (Lipinski definition) is 0. The molecule has 0 atom stereocenters. The van der Waals surface area contributed by atoms with Gasteiger partial charge in [0.05, 0.1) is 10.7 Å². The summed E-state index contributed by atoms with van der Waals surface area (Å²) in [7, 11) is 0. The molecule has 1 heterocycles. The van der Waals surface area contributed by atoms with Gasteiger partial charge in [-0.25, -0.2) is 4.98 Å². The molecule has 2 aromatic carbocycles. The molecule has 0 N–H and O–H groups in total. The lowest BCUT2D eigenvalue weighted by molar-refractivity contribution is 1.30. The highest BCUT2D eigenvalue weighted by atomic mass is 32.1. The molecular weight excluding hydrogens is 226 g/mol. The summed E-state index contributed by atoms with van der Waals surface area (Å²) in [6, 6.07) is 12.9. The van der Waals surface area contributed by atoms with Crippen molar-refractivity contribution in [3.05, 3.63) is 52.3 Å². The van der Waals surface area contributed by atoms with Crippen molar-refractivity contribution in [3.8, 4) is 11.3 Å². The van der Waals surface area contributed by atoms with E-state index in [1.807, 2.05) is 6.92 Å². The predicted molar refractivity (Wildman–Crippen MR) is 74.5 cm³/mol. The molecule has 0 saturated carbocycles. The van der Waals surface area contributed by atoms with Crippen LogP contribution in [0.3, 0.4) is 0 Å². The summed E-state index contributed by atoms with van der Waals surface area (Å²) < 4.78 is 0. The van der Waals surface area contributed by atoms with E-state index in [0.717, 1.165) is 10.7 Å². The average Bonchev–Trinajstić information content (AvgIpc) is 2.77. The third kappa shape index (κ3) is 1.75. The summed E-state index contributed by atoms with van der Waals surface area (Å²) in [4.78, 5) is 4.58. The van der Waals surface area contributed by atoms with E-state index in [1.165, 1.54) is 21.9 Å². The van der Waals surface area contributed by atoms with E-state index in [-0.39, 0.29) is 0 Å². The molecule has 1 aromatic heterocycles. The molecule has 1 nitrogen and oxygen atoms in total. The van der Waals surface area contributed by atoms with Crippen LogP contribution in [-0.4, -0.2) is 4.98 Å². The Labute approximate surface area is 105 Å². The van der Waals surface area contributed by atoms with Crippen molar-refractivity contribution < 1.29 is 0 Å². The second-order valence-electron chi connectivity index (χ2n) is 4.23. The lowest BCUT2D eigenvalue weighted by Gasteiger charge is -2.06. The molecule has 17 heavy (non-hydrogen) atoms. The van der Waals surface area contributed by atoms with Crippen molar-refractivity contribution in [2.75, 3.05) is 0 Å². The minimum atomic E-state index is 1.09. The zero-order valence-electron chi connectivity index (χ0n) is 9.90. The molecule has 0 aliphatic rings. The number of rotatable bonds is 1. The van der Waals surface area contributed by atoms with Crippen LogP contribution in [0, 0.1) is 13.8 Å². The lowest BCUT2D eigenvalue weighted by Crippen LogP contribution is -1.84. The Hall–Kier alpha value is -1.67. The van der Waals surface area contributed by atoms with Gasteiger partial charge in [0.1, 0.15) is 0 Å². The van der Waals surface area contributed by atoms with Crippen molar-refractivity contribution in [1.82, 2.24) is 4.98 Å². The van der Waals surface area contributed by atoms with E-state index >= 15 is 0 Å². The van der Waals surface area contributed by atoms with E-state index in [2.05, 4.69) is 53.7 Å². The van der Waals surface area contributed by atoms with Crippen molar-refractivity contribution in [3.63, 3.8) is 0 Å². The molecule has 0 spiro atoms. The molecule has 0 unspecified atom stereocenters. The Morgan fingerprint density at radius 2 is 1.71 bits per heavy atom. The number of thiazole rings is 1. The average molecular weight is 239 g/mol. The summed E-state index contributed by atoms with van der Waals surface area (Å²) >= 11 is 1.70. The standard InChI is InChI=1S/C15H13NS/c1-10-7-8-14(15-9-17-11(2)16-15)13-6-4-3-5-12(10)13/h3-9H,1-2H3. The first kappa shape index (κ1) is 10.5. The second-order valence-corrected chi connectivity index (χ2v) is 5.29. The number of aromatic nitrogens is 1. The van der Waals surface area contributed by atoms with Crippen LogP contribution in [0.25, 0.3) is 22.0 Å². The predicted octanol–water partition coefficient (Wildman–Crippen LogP) is 4.58. The Balaban J connectivity index is 2.34. The largest absolute Gasteiger partial charge is 0.242 e. The minimum Gasteiger partial charge on any atom is -0.242 e. The van der Waals surface area contributed by atoms with Crippen molar-refractivity contribution >= 4 is 22.1 Å². The Morgan fingerprint density at radius 1 is 0.941 bits per heavy atom. The third-order valence-electron chi connectivity index (χ3n) is 3.04. The highest BCUT2D eigenvalue weighted by Gasteiger charge is 2.07. The summed E-state index contributed by atoms with van der Waals surface area (Å²) in [5.74, 6) is 0. The van der Waals surface area contributed by atoms with Gasteiger partial charge in [-0.3, -0.25) is 0 Å². The van der Waals surface area contributed by atoms with Crippen LogP contribution >= 0.6 is 11.3 Å². The fourth-order valence-electron chi connectivity index (χ4n) is 2.16. The molecule has 2 heteroatoms. The van der Waals surface area contributed by atoms with Gasteiger partial charge in [-0.1, -0.05) is 36.4 Å². The molecule has 0 aliphatic heterocycles. The molecule has 0 fully saturated rings. The fourth-order valence-corrected chi connectivity index (χ4v) is 2.77. The van der Waals surface area contributed by atoms with Crippen molar-refractivity contribution in [2.45, 2.75) is 13.8 Å². The summed E-state index contributed by atoms with van der Waals surface area (Å²) in [5.41, 5.74) is 3.63. The maximum absolute atomic E-state index is 4.58. The fraction of sp³-hybridized carbons (Fsp3) is 0.133. The van der Waals surface area contributed by atoms with E-state index in [0.29, 0.717) is 0 Å². The SMILES string of the molecule is Cc1nc(-c2ccc(C)c3ccccc23)cs1. The highest BCUT2D eigenvalue weighted by Crippen LogP contribution is 2.30. The smallest absolute Gasteiger partial charge is 0.0901 e. The highest BCUT2D eigenvalue weighted by molar-refractivity contribution is 7.09. The van der Waals surface area contributed by atoms with Gasteiger partial charge in [0.2, 0.25) is 0 Å². The van der Waals surface area contributed by atoms with Gasteiger partial charge in [-0.05, 0) is 30.2 Å². The number of benzene rings is 2. The quantitative estimate of drug-likeness (QED) is 0.605. The molecule has 0 amide bonds. The second kappa shape index (κ2) is 3.97. The summed E-state index contributed by atoms with van der Waals surface area (Å²) in [6.45, 7) is 4.20. The van der Waals surface area contributed by atoms with Gasteiger partial charge in [-0.15, -0.1) is 11.3 Å². The van der Waals surface area contributed by atoms with Gasteiger partial charge < -0.3 is 0 Å². The first-order chi connectivity index (χ1) is 8.25. The maximum atomic E-state index is 4.58. The number of aryl methyl sites for hydroxylation is 2. The first-order valence-corrected chi connectivity index (χ1v) is 6.54. The number of hydrogen-bond acceptors (Lipinski definition) is 2. The molecule has 3 rings (SSSR count). The Bertz CT molecular complexity index is 682. The van der Waals surface area contributed by atoms with Gasteiger partial charge in [0.15, 0.2) is 0 Å². The maximum Gasteiger partial charge on any atom is 0.0901 e. The molecule has 84 valence electrons. The van der Waals surface area contributed by atoms with Gasteiger partial charge in [0.25, 0.3) is 0 Å². The molecule has 0 aliphatic carbocycles. The van der Waals surface area contributed by atoms with Crippen molar-refractivity contribution in [1.29, 1.82) is 0 Å². The molecule has 0 bridgehead atoms. The van der Waals surface area contributed by atoms with Gasteiger partial charge in [-0.2, -0.15) is 0 Å². The van der Waals surface area contributed by atoms with Crippen LogP contribution in [-0.2, 0) is 0 Å². The molecule has 0 radical (unpaired) electrons. The van der Waals surface area contributed by atoms with E-state index < -0.39 is 0 Å². The first-order valence-electron chi connectivity index (χ1n) is 5.66. The minimum absolute atomic E-state index is 1.09. The molecular formula is C15H13NS. The Kier molecular flexibility index (Phi) is 2.45. The lowest BCUT2D eigenvalue weighted by atomic mass is 9.99. The number of nitrogens with zero attached hydrogens (tertiary/aromatic N) is 1. The summed E-state index contributed by atoms with van der Waals surface area (Å²) in [6.07, 6.45) is 0. The molecule has 3 aromatic rings. The summed E-state index contributed by atoms with van der Waals surface area (Å²) in [5, 5.41) is 5.85. The van der Waals surface area contributed by atoms with Crippen LogP contribution in [0.4, 0.5) is 0 Å². The normalized spacial score (nSPS) is 10.9. The van der Waals surface area contributed by atoms with E-state index in [4.69, 9.17) is 0 Å². The van der Waals surface area contributed by atoms with E-state index in [9.17, 15) is 0 Å². The number of fused-ring (bicyclic) bond motifs is 1. The van der Waals surface area contributed by atoms with Crippen LogP contribution in [0.15, 0.2) is 41.8 Å². The van der Waals surface area contributed by atoms with Crippen LogP contribution in [0.1, 0.15) is 10.6 Å². The topological polar surface area (TPSA) is 12.9 Å². The third-order valence-corrected chi connectivity index (χ3v) is 3.81. The van der Waals surface area contributed by atoms with Crippen LogP contribution in [0.2, 0.25) is 0 Å². The Morgan fingerprint density at radius 3 is 2.41 bits per heavy atom. The van der Waals surface area contributed by atoms with Gasteiger partial charge >= 0.3 is 0 Å². The zero-order valence-corrected chi connectivity index (χ0v) is 10.7. The van der Waals surface area contributed by atoms with Crippen LogP contribution < -0.4 is 0 Å². The monoisotopic (exact) mass is 239 g/mol. The van der Waals surface area contributed by atoms with E-state index in [1.54, 1.807) is 11.3 Å². The van der Waals surface area contributed by atoms with Crippen LogP contribution in [0.5, 0.6) is 0 Å².